The van der Waals surface area contributed by atoms with Crippen LogP contribution >= 0.6 is 23.4 Å². The van der Waals surface area contributed by atoms with Crippen molar-refractivity contribution in [3.05, 3.63) is 119 Å². The van der Waals surface area contributed by atoms with E-state index in [0.717, 1.165) is 62.2 Å². The smallest absolute Gasteiger partial charge is 0.384 e. The predicted molar refractivity (Wildman–Crippen MR) is 238 cm³/mol. The normalized spacial score (nSPS) is 18.8. The molecule has 11 nitrogen and oxygen atoms in total. The number of hydrogen-bond acceptors (Lipinski definition) is 11. The summed E-state index contributed by atoms with van der Waals surface area (Å²) in [6.45, 7) is 3.91. The Bertz CT molecular complexity index is 2440. The zero-order chi connectivity index (χ0) is 43.9. The number of thioether (sulfide) groups is 1. The number of amides is 1. The van der Waals surface area contributed by atoms with Crippen molar-refractivity contribution in [1.29, 1.82) is 0 Å². The summed E-state index contributed by atoms with van der Waals surface area (Å²) in [7, 11) is -10.9. The summed E-state index contributed by atoms with van der Waals surface area (Å²) < 4.78 is 103. The zero-order valence-electron chi connectivity index (χ0n) is 33.8. The van der Waals surface area contributed by atoms with Crippen molar-refractivity contribution in [3.63, 3.8) is 0 Å². The second-order valence-electron chi connectivity index (χ2n) is 15.6. The molecule has 4 aromatic carbocycles. The third-order valence-corrected chi connectivity index (χ3v) is 15.6. The van der Waals surface area contributed by atoms with Gasteiger partial charge in [0.05, 0.1) is 23.3 Å². The maximum absolute atomic E-state index is 14.1. The number of benzene rings is 4. The first kappa shape index (κ1) is 45.9. The Labute approximate surface area is 370 Å². The van der Waals surface area contributed by atoms with Crippen LogP contribution in [0.15, 0.2) is 117 Å². The number of morpholine rings is 1. The minimum Gasteiger partial charge on any atom is -0.384 e. The highest BCUT2D eigenvalue weighted by atomic mass is 35.5. The van der Waals surface area contributed by atoms with E-state index >= 15 is 0 Å². The first-order chi connectivity index (χ1) is 29.7. The van der Waals surface area contributed by atoms with Gasteiger partial charge in [-0.25, -0.2) is 21.6 Å². The fourth-order valence-electron chi connectivity index (χ4n) is 8.02. The van der Waals surface area contributed by atoms with E-state index < -0.39 is 52.8 Å². The molecular formula is C44H49ClF3N5O6S3. The van der Waals surface area contributed by atoms with Crippen LogP contribution in [0, 0.1) is 0 Å². The summed E-state index contributed by atoms with van der Waals surface area (Å²) in [5.74, 6) is -0.669. The predicted octanol–water partition coefficient (Wildman–Crippen LogP) is 8.22. The summed E-state index contributed by atoms with van der Waals surface area (Å²) >= 11 is 7.54. The van der Waals surface area contributed by atoms with E-state index in [2.05, 4.69) is 33.0 Å². The highest BCUT2D eigenvalue weighted by Gasteiger charge is 2.48. The molecular weight excluding hydrogens is 883 g/mol. The van der Waals surface area contributed by atoms with Gasteiger partial charge in [-0.3, -0.25) is 9.69 Å². The molecule has 0 aromatic heterocycles. The van der Waals surface area contributed by atoms with Crippen molar-refractivity contribution in [2.45, 2.75) is 76.9 Å². The van der Waals surface area contributed by atoms with Crippen LogP contribution in [0.4, 0.5) is 24.5 Å². The molecule has 2 saturated heterocycles. The molecule has 1 amide bonds. The number of sulfonamides is 1. The van der Waals surface area contributed by atoms with Gasteiger partial charge in [0.15, 0.2) is 0 Å². The zero-order valence-corrected chi connectivity index (χ0v) is 37.0. The molecule has 3 atom stereocenters. The lowest BCUT2D eigenvalue weighted by molar-refractivity contribution is -0.0435. The van der Waals surface area contributed by atoms with Gasteiger partial charge in [-0.2, -0.15) is 13.2 Å². The van der Waals surface area contributed by atoms with Crippen molar-refractivity contribution in [2.24, 2.45) is 0 Å². The van der Waals surface area contributed by atoms with E-state index in [9.17, 15) is 34.8 Å². The number of likely N-dealkylation sites (tertiary alicyclic amines) is 1. The topological polar surface area (TPSA) is 146 Å². The fourth-order valence-corrected chi connectivity index (χ4v) is 11.2. The van der Waals surface area contributed by atoms with Gasteiger partial charge < -0.3 is 20.7 Å². The standard InChI is InChI=1S/C44H49ClF3N5O6S3/c45-33-14-10-30(11-15-33)40-9-5-4-6-32(40)26-49-21-22-50-34-16-12-31(13-17-34)43(54)52-62(57,58)39-18-19-41(42(25-39)61(55,56)44(46,47)48)51-35(29-60-38-7-2-1-3-8-38)20-23-53-27-37-24-36(53)28-59-37/h1-3,7-8,10-19,25,35-37,49-51H,4-6,9,20-24,26-29H2,(H,52,54)/t35-,36?,37?/m1/s1. The van der Waals surface area contributed by atoms with Crippen molar-refractivity contribution < 1.29 is 39.5 Å². The van der Waals surface area contributed by atoms with Gasteiger partial charge in [-0.05, 0) is 116 Å². The van der Waals surface area contributed by atoms with E-state index in [-0.39, 0.29) is 17.7 Å². The molecule has 1 aliphatic carbocycles. The molecule has 2 bridgehead atoms. The summed E-state index contributed by atoms with van der Waals surface area (Å²) in [6.07, 6.45) is 5.85. The van der Waals surface area contributed by atoms with Gasteiger partial charge in [-0.1, -0.05) is 47.5 Å². The van der Waals surface area contributed by atoms with Gasteiger partial charge in [0.2, 0.25) is 0 Å². The van der Waals surface area contributed by atoms with Gasteiger partial charge >= 0.3 is 5.51 Å². The Balaban J connectivity index is 0.988. The molecule has 2 heterocycles. The Morgan fingerprint density at radius 1 is 0.919 bits per heavy atom. The average Bonchev–Trinajstić information content (AvgIpc) is 3.89. The Hall–Kier alpha value is -4.10. The lowest BCUT2D eigenvalue weighted by atomic mass is 9.87. The molecule has 2 fully saturated rings. The van der Waals surface area contributed by atoms with E-state index in [1.165, 1.54) is 40.6 Å². The minimum absolute atomic E-state index is 0.0332. The number of sulfone groups is 1. The highest BCUT2D eigenvalue weighted by Crippen LogP contribution is 2.37. The summed E-state index contributed by atoms with van der Waals surface area (Å²) in [5, 5.41) is 10.5. The molecule has 0 radical (unpaired) electrons. The quantitative estimate of drug-likeness (QED) is 0.0533. The number of carbonyl (C=O) groups excluding carboxylic acids is 1. The van der Waals surface area contributed by atoms with E-state index in [0.29, 0.717) is 55.2 Å². The van der Waals surface area contributed by atoms with Crippen LogP contribution in [0.5, 0.6) is 0 Å². The van der Waals surface area contributed by atoms with Crippen LogP contribution in [0.1, 0.15) is 54.4 Å². The molecule has 0 spiro atoms. The van der Waals surface area contributed by atoms with Crippen molar-refractivity contribution >= 4 is 66.1 Å². The molecule has 3 aliphatic rings. The van der Waals surface area contributed by atoms with Crippen molar-refractivity contribution in [1.82, 2.24) is 14.9 Å². The average molecular weight is 933 g/mol. The third-order valence-electron chi connectivity index (χ3n) is 11.3. The maximum atomic E-state index is 14.1. The summed E-state index contributed by atoms with van der Waals surface area (Å²) in [5.41, 5.74) is -1.57. The molecule has 7 rings (SSSR count). The van der Waals surface area contributed by atoms with E-state index in [4.69, 9.17) is 16.3 Å². The van der Waals surface area contributed by atoms with Crippen LogP contribution in [-0.2, 0) is 24.6 Å². The first-order valence-corrected chi connectivity index (χ1v) is 24.8. The van der Waals surface area contributed by atoms with Crippen LogP contribution in [0.25, 0.3) is 5.57 Å². The number of ether oxygens (including phenoxy) is 1. The van der Waals surface area contributed by atoms with Crippen LogP contribution in [-0.4, -0.2) is 96.4 Å². The molecule has 62 heavy (non-hydrogen) atoms. The van der Waals surface area contributed by atoms with Gasteiger partial charge in [0, 0.05) is 71.7 Å². The molecule has 4 N–H and O–H groups in total. The summed E-state index contributed by atoms with van der Waals surface area (Å²) in [6, 6.07) is 25.5. The molecule has 2 aliphatic heterocycles. The number of carbonyl (C=O) groups is 1. The van der Waals surface area contributed by atoms with Crippen molar-refractivity contribution in [2.75, 3.05) is 55.7 Å². The van der Waals surface area contributed by atoms with Gasteiger partial charge in [-0.15, -0.1) is 11.8 Å². The lowest BCUT2D eigenvalue weighted by Crippen LogP contribution is -2.40. The maximum Gasteiger partial charge on any atom is 0.501 e. The number of nitrogens with one attached hydrogen (secondary N) is 4. The molecule has 0 saturated carbocycles. The minimum atomic E-state index is -6.05. The van der Waals surface area contributed by atoms with Crippen LogP contribution < -0.4 is 20.7 Å². The number of alkyl halides is 3. The lowest BCUT2D eigenvalue weighted by Gasteiger charge is -2.29. The molecule has 332 valence electrons. The Kier molecular flexibility index (Phi) is 14.9. The highest BCUT2D eigenvalue weighted by molar-refractivity contribution is 7.99. The van der Waals surface area contributed by atoms with Gasteiger partial charge in [0.1, 0.15) is 4.90 Å². The molecule has 18 heteroatoms. The van der Waals surface area contributed by atoms with Crippen LogP contribution in [0.2, 0.25) is 5.02 Å². The number of rotatable bonds is 19. The Morgan fingerprint density at radius 3 is 2.35 bits per heavy atom. The Morgan fingerprint density at radius 2 is 1.66 bits per heavy atom. The van der Waals surface area contributed by atoms with E-state index in [1.807, 2.05) is 47.2 Å². The SMILES string of the molecule is O=C(NS(=O)(=O)c1ccc(N[C@H](CCN2CC3CC2CO3)CSc2ccccc2)c(S(=O)(=O)C(F)(F)F)c1)c1ccc(NCCNCC2=C(c3ccc(Cl)cc3)CCCC2)cc1. The number of allylic oxidation sites excluding steroid dienone is 1. The second kappa shape index (κ2) is 20.2. The van der Waals surface area contributed by atoms with Gasteiger partial charge in [0.25, 0.3) is 25.8 Å². The largest absolute Gasteiger partial charge is 0.501 e. The number of halogens is 4. The number of fused-ring (bicyclic) bond motifs is 2. The summed E-state index contributed by atoms with van der Waals surface area (Å²) in [4.78, 5) is 14.3. The second-order valence-corrected chi connectivity index (χ2v) is 20.7. The molecule has 2 unspecified atom stereocenters. The van der Waals surface area contributed by atoms with Crippen molar-refractivity contribution in [3.8, 4) is 0 Å². The third kappa shape index (κ3) is 11.5. The monoisotopic (exact) mass is 931 g/mol. The van der Waals surface area contributed by atoms with Crippen LogP contribution in [0.3, 0.4) is 0 Å². The number of hydrogen-bond donors (Lipinski definition) is 4. The van der Waals surface area contributed by atoms with E-state index in [1.54, 1.807) is 12.1 Å². The number of anilines is 2. The number of nitrogens with zero attached hydrogens (tertiary/aromatic N) is 1. The molecule has 4 aromatic rings. The first-order valence-electron chi connectivity index (χ1n) is 20.5. The fraction of sp³-hybridized carbons (Fsp3) is 0.386.